The highest BCUT2D eigenvalue weighted by Gasteiger charge is 2.28. The number of hydrogen-bond donors (Lipinski definition) is 1. The van der Waals surface area contributed by atoms with Crippen LogP contribution in [0.5, 0.6) is 0 Å². The maximum atomic E-state index is 14.7. The van der Waals surface area contributed by atoms with E-state index in [1.807, 2.05) is 30.5 Å². The van der Waals surface area contributed by atoms with E-state index in [1.54, 1.807) is 6.07 Å². The van der Waals surface area contributed by atoms with Gasteiger partial charge >= 0.3 is 0 Å². The van der Waals surface area contributed by atoms with E-state index >= 15 is 0 Å². The fourth-order valence-electron chi connectivity index (χ4n) is 4.97. The molecule has 5 rings (SSSR count). The van der Waals surface area contributed by atoms with Crippen molar-refractivity contribution < 1.29 is 4.39 Å². The van der Waals surface area contributed by atoms with Gasteiger partial charge in [0.15, 0.2) is 0 Å². The number of aromatic nitrogens is 2. The highest BCUT2D eigenvalue weighted by atomic mass is 19.1. The second-order valence-corrected chi connectivity index (χ2v) is 9.66. The van der Waals surface area contributed by atoms with Crippen molar-refractivity contribution >= 4 is 11.6 Å². The number of hydrogen-bond acceptors (Lipinski definition) is 4. The highest BCUT2D eigenvalue weighted by molar-refractivity contribution is 5.73. The molecule has 1 heterocycles. The van der Waals surface area contributed by atoms with Crippen molar-refractivity contribution in [1.82, 2.24) is 14.9 Å². The van der Waals surface area contributed by atoms with Crippen molar-refractivity contribution in [2.24, 2.45) is 0 Å². The third kappa shape index (κ3) is 5.31. The Balaban J connectivity index is 1.33. The van der Waals surface area contributed by atoms with Crippen LogP contribution in [-0.4, -0.2) is 35.0 Å². The predicted molar refractivity (Wildman–Crippen MR) is 145 cm³/mol. The van der Waals surface area contributed by atoms with Crippen molar-refractivity contribution in [3.8, 4) is 11.3 Å². The molecule has 3 aromatic carbocycles. The second-order valence-electron chi connectivity index (χ2n) is 9.66. The molecule has 0 saturated heterocycles. The predicted octanol–water partition coefficient (Wildman–Crippen LogP) is 6.99. The molecule has 1 aromatic heterocycles. The molecule has 0 bridgehead atoms. The lowest BCUT2D eigenvalue weighted by Gasteiger charge is -2.27. The number of nitrogens with one attached hydrogen (secondary N) is 1. The van der Waals surface area contributed by atoms with E-state index in [9.17, 15) is 4.39 Å². The van der Waals surface area contributed by atoms with Gasteiger partial charge in [-0.3, -0.25) is 0 Å². The highest BCUT2D eigenvalue weighted by Crippen LogP contribution is 2.42. The molecule has 0 amide bonds. The smallest absolute Gasteiger partial charge is 0.227 e. The van der Waals surface area contributed by atoms with Gasteiger partial charge in [0.2, 0.25) is 5.95 Å². The maximum Gasteiger partial charge on any atom is 0.227 e. The van der Waals surface area contributed by atoms with Crippen molar-refractivity contribution in [2.45, 2.75) is 38.5 Å². The molecule has 4 nitrogen and oxygen atoms in total. The van der Waals surface area contributed by atoms with Gasteiger partial charge in [-0.1, -0.05) is 67.9 Å². The molecule has 36 heavy (non-hydrogen) atoms. The summed E-state index contributed by atoms with van der Waals surface area (Å²) in [4.78, 5) is 11.9. The number of benzene rings is 3. The number of fused-ring (bicyclic) bond motifs is 3. The van der Waals surface area contributed by atoms with E-state index in [0.717, 1.165) is 53.1 Å². The molecule has 1 atom stereocenters. The molecular weight excluding hydrogens is 447 g/mol. The van der Waals surface area contributed by atoms with Crippen molar-refractivity contribution in [3.05, 3.63) is 107 Å². The SMILES string of the molecule is CCCCN(C)CCc1ccc(Nc2ncc3c(n2)-c2ccccc2[C@H](c2ccccc2F)C3)cc1. The summed E-state index contributed by atoms with van der Waals surface area (Å²) in [6.07, 6.45) is 6.07. The normalized spacial score (nSPS) is 14.4. The summed E-state index contributed by atoms with van der Waals surface area (Å²) >= 11 is 0. The Morgan fingerprint density at radius 2 is 1.69 bits per heavy atom. The number of anilines is 2. The maximum absolute atomic E-state index is 14.7. The molecule has 4 aromatic rings. The number of likely N-dealkylation sites (N-methyl/N-ethyl adjacent to an activating group) is 1. The average molecular weight is 481 g/mol. The van der Waals surface area contributed by atoms with Crippen LogP contribution in [0.3, 0.4) is 0 Å². The first-order valence-corrected chi connectivity index (χ1v) is 12.9. The molecule has 0 radical (unpaired) electrons. The largest absolute Gasteiger partial charge is 0.324 e. The van der Waals surface area contributed by atoms with E-state index in [4.69, 9.17) is 4.98 Å². The third-order valence-electron chi connectivity index (χ3n) is 7.05. The summed E-state index contributed by atoms with van der Waals surface area (Å²) in [6.45, 7) is 4.44. The minimum atomic E-state index is -0.170. The topological polar surface area (TPSA) is 41.0 Å². The van der Waals surface area contributed by atoms with Crippen LogP contribution < -0.4 is 5.32 Å². The zero-order chi connectivity index (χ0) is 24.9. The van der Waals surface area contributed by atoms with Crippen molar-refractivity contribution in [2.75, 3.05) is 25.5 Å². The van der Waals surface area contributed by atoms with E-state index < -0.39 is 0 Å². The molecule has 1 aliphatic rings. The van der Waals surface area contributed by atoms with Gasteiger partial charge in [-0.25, -0.2) is 14.4 Å². The fraction of sp³-hybridized carbons (Fsp3) is 0.290. The first-order chi connectivity index (χ1) is 17.6. The van der Waals surface area contributed by atoms with Gasteiger partial charge < -0.3 is 10.2 Å². The van der Waals surface area contributed by atoms with Gasteiger partial charge in [0.05, 0.1) is 5.69 Å². The minimum Gasteiger partial charge on any atom is -0.324 e. The molecule has 184 valence electrons. The third-order valence-corrected chi connectivity index (χ3v) is 7.05. The van der Waals surface area contributed by atoms with Crippen LogP contribution in [0.25, 0.3) is 11.3 Å². The Labute approximate surface area is 213 Å². The Bertz CT molecular complexity index is 1320. The first kappa shape index (κ1) is 24.1. The molecule has 0 aliphatic heterocycles. The second kappa shape index (κ2) is 11.0. The summed E-state index contributed by atoms with van der Waals surface area (Å²) < 4.78 is 14.7. The number of rotatable bonds is 9. The van der Waals surface area contributed by atoms with Gasteiger partial charge in [0.1, 0.15) is 5.82 Å². The van der Waals surface area contributed by atoms with Crippen LogP contribution in [0, 0.1) is 5.82 Å². The summed E-state index contributed by atoms with van der Waals surface area (Å²) in [5, 5.41) is 3.36. The lowest BCUT2D eigenvalue weighted by molar-refractivity contribution is 0.332. The van der Waals surface area contributed by atoms with Crippen LogP contribution in [0.4, 0.5) is 16.0 Å². The minimum absolute atomic E-state index is 0.0501. The standard InChI is InChI=1S/C31H33FN4/c1-3-4-18-36(2)19-17-22-13-15-24(16-14-22)34-31-33-21-23-20-28(26-10-7-8-12-29(26)32)25-9-5-6-11-27(25)30(23)35-31/h5-16,21,28H,3-4,17-20H2,1-2H3,(H,33,34,35)/t28-/m1/s1. The molecule has 0 saturated carbocycles. The van der Waals surface area contributed by atoms with Gasteiger partial charge in [-0.15, -0.1) is 0 Å². The summed E-state index contributed by atoms with van der Waals surface area (Å²) in [6, 6.07) is 23.8. The summed E-state index contributed by atoms with van der Waals surface area (Å²) in [5.74, 6) is 0.349. The average Bonchev–Trinajstić information content (AvgIpc) is 2.91. The zero-order valence-corrected chi connectivity index (χ0v) is 21.0. The molecule has 0 unspecified atom stereocenters. The molecule has 0 spiro atoms. The first-order valence-electron chi connectivity index (χ1n) is 12.9. The van der Waals surface area contributed by atoms with Crippen molar-refractivity contribution in [1.29, 1.82) is 0 Å². The Hall–Kier alpha value is -3.57. The van der Waals surface area contributed by atoms with E-state index in [1.165, 1.54) is 24.5 Å². The molecule has 1 aliphatic carbocycles. The van der Waals surface area contributed by atoms with Gasteiger partial charge in [0, 0.05) is 29.9 Å². The van der Waals surface area contributed by atoms with Gasteiger partial charge in [0.25, 0.3) is 0 Å². The molecule has 0 fully saturated rings. The Morgan fingerprint density at radius 1 is 0.944 bits per heavy atom. The van der Waals surface area contributed by atoms with Crippen LogP contribution in [0.1, 0.15) is 47.9 Å². The molecular formula is C31H33FN4. The Kier molecular flexibility index (Phi) is 7.38. The lowest BCUT2D eigenvalue weighted by atomic mass is 9.78. The number of unbranched alkanes of at least 4 members (excludes halogenated alkanes) is 1. The van der Waals surface area contributed by atoms with Gasteiger partial charge in [-0.2, -0.15) is 0 Å². The van der Waals surface area contributed by atoms with E-state index in [-0.39, 0.29) is 11.7 Å². The van der Waals surface area contributed by atoms with Crippen LogP contribution in [0.2, 0.25) is 0 Å². The molecule has 5 heteroatoms. The Morgan fingerprint density at radius 3 is 2.47 bits per heavy atom. The van der Waals surface area contributed by atoms with Gasteiger partial charge in [-0.05, 0) is 73.3 Å². The van der Waals surface area contributed by atoms with E-state index in [0.29, 0.717) is 12.4 Å². The number of halogens is 1. The monoisotopic (exact) mass is 480 g/mol. The van der Waals surface area contributed by atoms with Crippen LogP contribution in [0.15, 0.2) is 79.0 Å². The van der Waals surface area contributed by atoms with Crippen LogP contribution >= 0.6 is 0 Å². The zero-order valence-electron chi connectivity index (χ0n) is 21.0. The summed E-state index contributed by atoms with van der Waals surface area (Å²) in [7, 11) is 2.19. The molecule has 1 N–H and O–H groups in total. The number of nitrogens with zero attached hydrogens (tertiary/aromatic N) is 3. The van der Waals surface area contributed by atoms with Crippen molar-refractivity contribution in [3.63, 3.8) is 0 Å². The summed E-state index contributed by atoms with van der Waals surface area (Å²) in [5.41, 5.74) is 7.11. The lowest BCUT2D eigenvalue weighted by Crippen LogP contribution is -2.22. The van der Waals surface area contributed by atoms with Crippen LogP contribution in [-0.2, 0) is 12.8 Å². The fourth-order valence-corrected chi connectivity index (χ4v) is 4.97. The van der Waals surface area contributed by atoms with E-state index in [2.05, 4.69) is 65.6 Å². The quantitative estimate of drug-likeness (QED) is 0.280.